The highest BCUT2D eigenvalue weighted by Gasteiger charge is 2.40. The number of thioether (sulfide) groups is 1. The van der Waals surface area contributed by atoms with Gasteiger partial charge >= 0.3 is 0 Å². The van der Waals surface area contributed by atoms with Gasteiger partial charge in [0.15, 0.2) is 5.17 Å². The summed E-state index contributed by atoms with van der Waals surface area (Å²) in [6, 6.07) is 6.74. The lowest BCUT2D eigenvalue weighted by atomic mass is 10.1. The average molecular weight is 329 g/mol. The number of carbonyl (C=O) groups is 4. The number of hydrogen-bond donors (Lipinski definition) is 1. The molecule has 0 bridgehead atoms. The summed E-state index contributed by atoms with van der Waals surface area (Å²) in [5.74, 6) is -1.97. The van der Waals surface area contributed by atoms with E-state index < -0.39 is 17.7 Å². The van der Waals surface area contributed by atoms with E-state index in [-0.39, 0.29) is 21.6 Å². The molecule has 7 nitrogen and oxygen atoms in total. The van der Waals surface area contributed by atoms with Crippen molar-refractivity contribution in [3.8, 4) is 0 Å². The van der Waals surface area contributed by atoms with Gasteiger partial charge in [-0.25, -0.2) is 4.90 Å². The van der Waals surface area contributed by atoms with Crippen LogP contribution in [0, 0.1) is 0 Å². The van der Waals surface area contributed by atoms with Crippen molar-refractivity contribution in [1.29, 1.82) is 0 Å². The molecule has 0 atom stereocenters. The quantitative estimate of drug-likeness (QED) is 0.718. The predicted molar refractivity (Wildman–Crippen MR) is 85.4 cm³/mol. The second-order valence-electron chi connectivity index (χ2n) is 4.89. The van der Waals surface area contributed by atoms with Crippen LogP contribution in [-0.4, -0.2) is 28.8 Å². The van der Waals surface area contributed by atoms with E-state index in [0.717, 1.165) is 16.7 Å². The van der Waals surface area contributed by atoms with Crippen LogP contribution in [0.25, 0.3) is 5.57 Å². The number of nitrogens with one attached hydrogen (secondary N) is 1. The van der Waals surface area contributed by atoms with Crippen LogP contribution in [0.2, 0.25) is 0 Å². The number of para-hydroxylation sites is 1. The van der Waals surface area contributed by atoms with Crippen LogP contribution in [0.1, 0.15) is 19.4 Å². The number of carbonyl (C=O) groups excluding carboxylic acids is 4. The summed E-state index contributed by atoms with van der Waals surface area (Å²) in [6.07, 6.45) is 0. The molecule has 2 heterocycles. The summed E-state index contributed by atoms with van der Waals surface area (Å²) < 4.78 is 0. The van der Waals surface area contributed by atoms with Gasteiger partial charge in [-0.05, 0) is 17.8 Å². The van der Waals surface area contributed by atoms with E-state index in [1.54, 1.807) is 24.3 Å². The maximum atomic E-state index is 12.6. The van der Waals surface area contributed by atoms with Crippen molar-refractivity contribution in [3.05, 3.63) is 34.7 Å². The molecule has 23 heavy (non-hydrogen) atoms. The molecule has 0 radical (unpaired) electrons. The summed E-state index contributed by atoms with van der Waals surface area (Å²) in [7, 11) is 0. The lowest BCUT2D eigenvalue weighted by Gasteiger charge is -2.11. The van der Waals surface area contributed by atoms with Crippen LogP contribution in [0.3, 0.4) is 0 Å². The predicted octanol–water partition coefficient (Wildman–Crippen LogP) is 1.06. The molecule has 116 valence electrons. The Bertz CT molecular complexity index is 841. The fraction of sp³-hybridized carbons (Fsp3) is 0.133. The molecule has 1 aromatic rings. The van der Waals surface area contributed by atoms with Crippen LogP contribution in [-0.2, 0) is 19.2 Å². The summed E-state index contributed by atoms with van der Waals surface area (Å²) in [6.45, 7) is 2.58. The number of amidine groups is 1. The van der Waals surface area contributed by atoms with Crippen LogP contribution in [0.5, 0.6) is 0 Å². The number of anilines is 1. The molecule has 3 rings (SSSR count). The van der Waals surface area contributed by atoms with Crippen molar-refractivity contribution in [2.24, 2.45) is 4.99 Å². The number of benzene rings is 1. The first-order valence-corrected chi connectivity index (χ1v) is 7.49. The number of aliphatic imine (C=N–C) groups is 1. The van der Waals surface area contributed by atoms with E-state index in [9.17, 15) is 19.2 Å². The highest BCUT2D eigenvalue weighted by Crippen LogP contribution is 2.42. The third-order valence-corrected chi connectivity index (χ3v) is 4.22. The minimum Gasteiger partial charge on any atom is -0.305 e. The number of rotatable bonds is 0. The molecule has 0 unspecified atom stereocenters. The fourth-order valence-corrected chi connectivity index (χ4v) is 3.37. The largest absolute Gasteiger partial charge is 0.305 e. The maximum Gasteiger partial charge on any atom is 0.287 e. The molecule has 4 amide bonds. The Morgan fingerprint density at radius 3 is 2.52 bits per heavy atom. The second-order valence-corrected chi connectivity index (χ2v) is 5.89. The number of nitrogens with zero attached hydrogens (tertiary/aromatic N) is 2. The standard InChI is InChI=1S/C15H11N3O4S/c1-7(19)16-15-17-13(21)12(23-15)11-9-5-3-4-6-10(9)18(8(2)20)14(11)22/h3-6H,1-2H3,(H,16,17,19,21). The molecule has 0 saturated heterocycles. The Morgan fingerprint density at radius 2 is 1.87 bits per heavy atom. The van der Waals surface area contributed by atoms with Gasteiger partial charge in [0.05, 0.1) is 16.2 Å². The third kappa shape index (κ3) is 2.46. The maximum absolute atomic E-state index is 12.6. The SMILES string of the molecule is CC(=O)NC1=NC(=O)C(=C2C(=O)N(C(C)=O)c3ccccc32)S1. The van der Waals surface area contributed by atoms with Crippen LogP contribution >= 0.6 is 11.8 Å². The van der Waals surface area contributed by atoms with Gasteiger partial charge in [0.1, 0.15) is 0 Å². The molecule has 1 aromatic carbocycles. The summed E-state index contributed by atoms with van der Waals surface area (Å²) >= 11 is 0.915. The number of amides is 4. The molecule has 8 heteroatoms. The first-order chi connectivity index (χ1) is 10.9. The fourth-order valence-electron chi connectivity index (χ4n) is 2.42. The topological polar surface area (TPSA) is 95.9 Å². The molecule has 2 aliphatic rings. The van der Waals surface area contributed by atoms with Crippen molar-refractivity contribution >= 4 is 51.8 Å². The Balaban J connectivity index is 2.11. The van der Waals surface area contributed by atoms with E-state index in [0.29, 0.717) is 11.3 Å². The minimum atomic E-state index is -0.609. The Kier molecular flexibility index (Phi) is 3.61. The van der Waals surface area contributed by atoms with E-state index >= 15 is 0 Å². The van der Waals surface area contributed by atoms with Crippen LogP contribution in [0.15, 0.2) is 34.2 Å². The first kappa shape index (κ1) is 15.2. The molecule has 0 aliphatic carbocycles. The van der Waals surface area contributed by atoms with Gasteiger partial charge in [0.25, 0.3) is 11.8 Å². The van der Waals surface area contributed by atoms with Gasteiger partial charge in [-0.2, -0.15) is 4.99 Å². The lowest BCUT2D eigenvalue weighted by Crippen LogP contribution is -2.31. The normalized spacial score (nSPS) is 19.7. The van der Waals surface area contributed by atoms with E-state index in [4.69, 9.17) is 0 Å². The number of hydrogen-bond acceptors (Lipinski definition) is 5. The summed E-state index contributed by atoms with van der Waals surface area (Å²) in [4.78, 5) is 52.4. The van der Waals surface area contributed by atoms with Gasteiger partial charge in [0.2, 0.25) is 11.8 Å². The lowest BCUT2D eigenvalue weighted by molar-refractivity contribution is -0.122. The molecule has 0 spiro atoms. The molecular weight excluding hydrogens is 318 g/mol. The first-order valence-electron chi connectivity index (χ1n) is 6.67. The second kappa shape index (κ2) is 5.47. The highest BCUT2D eigenvalue weighted by molar-refractivity contribution is 8.18. The van der Waals surface area contributed by atoms with Crippen molar-refractivity contribution in [2.75, 3.05) is 4.90 Å². The molecule has 1 N–H and O–H groups in total. The Hall–Kier alpha value is -2.74. The monoisotopic (exact) mass is 329 g/mol. The average Bonchev–Trinajstić information content (AvgIpc) is 2.94. The molecule has 0 aromatic heterocycles. The molecular formula is C15H11N3O4S. The molecule has 0 saturated carbocycles. The number of fused-ring (bicyclic) bond motifs is 1. The van der Waals surface area contributed by atoms with Gasteiger partial charge < -0.3 is 5.32 Å². The molecule has 0 fully saturated rings. The zero-order valence-electron chi connectivity index (χ0n) is 12.2. The summed E-state index contributed by atoms with van der Waals surface area (Å²) in [5, 5.41) is 2.55. The minimum absolute atomic E-state index is 0.106. The van der Waals surface area contributed by atoms with Crippen molar-refractivity contribution in [2.45, 2.75) is 13.8 Å². The third-order valence-electron chi connectivity index (χ3n) is 3.25. The van der Waals surface area contributed by atoms with Gasteiger partial charge in [-0.3, -0.25) is 19.2 Å². The van der Waals surface area contributed by atoms with Gasteiger partial charge in [-0.15, -0.1) is 0 Å². The smallest absolute Gasteiger partial charge is 0.287 e. The Morgan fingerprint density at radius 1 is 1.17 bits per heavy atom. The van der Waals surface area contributed by atoms with Gasteiger partial charge in [-0.1, -0.05) is 18.2 Å². The van der Waals surface area contributed by atoms with E-state index in [2.05, 4.69) is 10.3 Å². The number of imide groups is 1. The molecule has 2 aliphatic heterocycles. The zero-order valence-corrected chi connectivity index (χ0v) is 13.1. The zero-order chi connectivity index (χ0) is 16.7. The van der Waals surface area contributed by atoms with Crippen LogP contribution in [0.4, 0.5) is 5.69 Å². The summed E-state index contributed by atoms with van der Waals surface area (Å²) in [5.41, 5.74) is 1.08. The van der Waals surface area contributed by atoms with E-state index in [1.165, 1.54) is 13.8 Å². The Labute approximate surface area is 135 Å². The van der Waals surface area contributed by atoms with E-state index in [1.807, 2.05) is 0 Å². The van der Waals surface area contributed by atoms with Crippen molar-refractivity contribution in [3.63, 3.8) is 0 Å². The van der Waals surface area contributed by atoms with Crippen molar-refractivity contribution in [1.82, 2.24) is 5.32 Å². The van der Waals surface area contributed by atoms with Crippen LogP contribution < -0.4 is 10.2 Å². The van der Waals surface area contributed by atoms with Crippen molar-refractivity contribution < 1.29 is 19.2 Å². The highest BCUT2D eigenvalue weighted by atomic mass is 32.2. The van der Waals surface area contributed by atoms with Gasteiger partial charge in [0, 0.05) is 19.4 Å².